The number of aliphatic hydroxyl groups excluding tert-OH is 1. The second kappa shape index (κ2) is 9.44. The van der Waals surface area contributed by atoms with Crippen LogP contribution in [0.2, 0.25) is 0 Å². The van der Waals surface area contributed by atoms with Crippen LogP contribution >= 0.6 is 0 Å². The number of ether oxygens (including phenoxy) is 1. The number of carbonyl (C=O) groups excluding carboxylic acids is 1. The van der Waals surface area contributed by atoms with Crippen LogP contribution in [0.3, 0.4) is 0 Å². The molecule has 9 heteroatoms. The summed E-state index contributed by atoms with van der Waals surface area (Å²) < 4.78 is 21.2. The number of nitrogens with one attached hydrogen (secondary N) is 1. The maximum Gasteiger partial charge on any atom is 0.251 e. The van der Waals surface area contributed by atoms with Gasteiger partial charge >= 0.3 is 0 Å². The number of benzene rings is 2. The molecule has 0 radical (unpaired) electrons. The van der Waals surface area contributed by atoms with Crippen molar-refractivity contribution in [2.75, 3.05) is 18.9 Å². The molecule has 4 N–H and O–H groups in total. The van der Waals surface area contributed by atoms with Crippen LogP contribution in [0.25, 0.3) is 16.6 Å². The van der Waals surface area contributed by atoms with Crippen LogP contribution in [0.1, 0.15) is 22.3 Å². The Morgan fingerprint density at radius 1 is 1.22 bits per heavy atom. The summed E-state index contributed by atoms with van der Waals surface area (Å²) in [7, 11) is 0. The largest absolute Gasteiger partial charge is 0.485 e. The van der Waals surface area contributed by atoms with Crippen molar-refractivity contribution in [1.82, 2.24) is 20.1 Å². The number of hydrogen-bond donors (Lipinski definition) is 3. The molecule has 1 amide bonds. The smallest absolute Gasteiger partial charge is 0.251 e. The number of carbonyl (C=O) groups is 1. The van der Waals surface area contributed by atoms with E-state index >= 15 is 0 Å². The Bertz CT molecular complexity index is 1240. The third-order valence-corrected chi connectivity index (χ3v) is 4.87. The number of nitrogens with zero attached hydrogens (tertiary/aromatic N) is 3. The molecule has 164 valence electrons. The highest BCUT2D eigenvalue weighted by atomic mass is 19.1. The zero-order valence-corrected chi connectivity index (χ0v) is 17.2. The molecule has 0 bridgehead atoms. The number of aromatic nitrogens is 3. The van der Waals surface area contributed by atoms with Crippen LogP contribution in [0.15, 0.2) is 60.9 Å². The molecular weight excluding hydrogens is 413 g/mol. The highest BCUT2D eigenvalue weighted by Crippen LogP contribution is 2.27. The zero-order valence-electron chi connectivity index (χ0n) is 17.2. The van der Waals surface area contributed by atoms with E-state index in [1.165, 1.54) is 12.1 Å². The van der Waals surface area contributed by atoms with E-state index in [0.717, 1.165) is 5.69 Å². The number of anilines is 1. The van der Waals surface area contributed by atoms with Crippen molar-refractivity contribution < 1.29 is 19.0 Å². The molecule has 0 spiro atoms. The number of halogens is 1. The highest BCUT2D eigenvalue weighted by molar-refractivity contribution is 5.94. The van der Waals surface area contributed by atoms with E-state index in [0.29, 0.717) is 40.7 Å². The Kier molecular flexibility index (Phi) is 6.27. The molecule has 4 rings (SSSR count). The van der Waals surface area contributed by atoms with Gasteiger partial charge in [-0.2, -0.15) is 5.10 Å². The Balaban J connectivity index is 1.62. The Morgan fingerprint density at radius 2 is 2.09 bits per heavy atom. The first kappa shape index (κ1) is 21.3. The maximum absolute atomic E-state index is 13.6. The van der Waals surface area contributed by atoms with Gasteiger partial charge in [-0.05, 0) is 55.0 Å². The van der Waals surface area contributed by atoms with Crippen molar-refractivity contribution in [2.45, 2.75) is 13.0 Å². The number of pyridine rings is 1. The maximum atomic E-state index is 13.6. The van der Waals surface area contributed by atoms with Gasteiger partial charge < -0.3 is 20.9 Å². The lowest BCUT2D eigenvalue weighted by atomic mass is 10.1. The lowest BCUT2D eigenvalue weighted by Gasteiger charge is -2.14. The van der Waals surface area contributed by atoms with E-state index in [2.05, 4.69) is 15.4 Å². The van der Waals surface area contributed by atoms with Crippen LogP contribution in [-0.2, 0) is 6.61 Å². The molecule has 0 saturated carbocycles. The van der Waals surface area contributed by atoms with Crippen LogP contribution in [0.5, 0.6) is 5.75 Å². The minimum atomic E-state index is -0.379. The summed E-state index contributed by atoms with van der Waals surface area (Å²) in [6.45, 7) is 0.459. The number of rotatable bonds is 8. The summed E-state index contributed by atoms with van der Waals surface area (Å²) in [5.41, 5.74) is 8.48. The van der Waals surface area contributed by atoms with Gasteiger partial charge in [0.1, 0.15) is 12.4 Å². The summed E-state index contributed by atoms with van der Waals surface area (Å²) >= 11 is 0. The fraction of sp³-hybridized carbons (Fsp3) is 0.174. The van der Waals surface area contributed by atoms with Gasteiger partial charge in [-0.25, -0.2) is 14.1 Å². The van der Waals surface area contributed by atoms with Crippen molar-refractivity contribution in [3.8, 4) is 11.4 Å². The average molecular weight is 435 g/mol. The van der Waals surface area contributed by atoms with Gasteiger partial charge in [0, 0.05) is 42.1 Å². The van der Waals surface area contributed by atoms with Crippen molar-refractivity contribution in [1.29, 1.82) is 0 Å². The third kappa shape index (κ3) is 4.68. The first-order valence-electron chi connectivity index (χ1n) is 10.1. The molecular formula is C23H22FN5O3. The number of amides is 1. The minimum Gasteiger partial charge on any atom is -0.485 e. The Labute approximate surface area is 183 Å². The monoisotopic (exact) mass is 435 g/mol. The fourth-order valence-electron chi connectivity index (χ4n) is 3.27. The summed E-state index contributed by atoms with van der Waals surface area (Å²) in [5, 5.41) is 16.5. The second-order valence-electron chi connectivity index (χ2n) is 7.12. The molecule has 4 aromatic rings. The molecule has 2 aromatic carbocycles. The zero-order chi connectivity index (χ0) is 22.5. The number of hydrogen-bond acceptors (Lipinski definition) is 6. The standard InChI is InChI=1S/C23H22FN5O3/c24-18-4-5-19-16(12-18)13-21(22(25)28-19)32-14-17-11-15(23(31)26-7-2-10-30)3-6-20(17)29-9-1-8-27-29/h1,3-6,8-9,11-13,30H,2,7,10,14H2,(H2,25,28)(H,26,31). The van der Waals surface area contributed by atoms with Gasteiger partial charge in [0.2, 0.25) is 0 Å². The quantitative estimate of drug-likeness (QED) is 0.367. The van der Waals surface area contributed by atoms with Crippen molar-refractivity contribution in [2.24, 2.45) is 0 Å². The molecule has 2 aromatic heterocycles. The molecule has 0 saturated heterocycles. The first-order chi connectivity index (χ1) is 15.5. The number of fused-ring (bicyclic) bond motifs is 1. The minimum absolute atomic E-state index is 0.00270. The molecule has 8 nitrogen and oxygen atoms in total. The predicted molar refractivity (Wildman–Crippen MR) is 118 cm³/mol. The average Bonchev–Trinajstić information content (AvgIpc) is 3.32. The summed E-state index contributed by atoms with van der Waals surface area (Å²) in [6.07, 6.45) is 3.91. The van der Waals surface area contributed by atoms with Crippen LogP contribution < -0.4 is 15.8 Å². The first-order valence-corrected chi connectivity index (χ1v) is 10.1. The molecule has 0 aliphatic carbocycles. The van der Waals surface area contributed by atoms with E-state index in [4.69, 9.17) is 15.6 Å². The molecule has 0 fully saturated rings. The van der Waals surface area contributed by atoms with Gasteiger partial charge in [-0.3, -0.25) is 4.79 Å². The van der Waals surface area contributed by atoms with Crippen LogP contribution in [0, 0.1) is 5.82 Å². The summed E-state index contributed by atoms with van der Waals surface area (Å²) in [4.78, 5) is 16.7. The van der Waals surface area contributed by atoms with Crippen molar-refractivity contribution in [3.63, 3.8) is 0 Å². The third-order valence-electron chi connectivity index (χ3n) is 4.87. The topological polar surface area (TPSA) is 115 Å². The van der Waals surface area contributed by atoms with E-state index < -0.39 is 0 Å². The normalized spacial score (nSPS) is 10.9. The fourth-order valence-corrected chi connectivity index (χ4v) is 3.27. The van der Waals surface area contributed by atoms with Crippen molar-refractivity contribution in [3.05, 3.63) is 77.9 Å². The molecule has 0 aliphatic heterocycles. The highest BCUT2D eigenvalue weighted by Gasteiger charge is 2.13. The molecule has 32 heavy (non-hydrogen) atoms. The molecule has 0 aliphatic rings. The van der Waals surface area contributed by atoms with Gasteiger partial charge in [0.25, 0.3) is 5.91 Å². The van der Waals surface area contributed by atoms with Crippen molar-refractivity contribution >= 4 is 22.6 Å². The van der Waals surface area contributed by atoms with Gasteiger partial charge in [-0.1, -0.05) is 0 Å². The van der Waals surface area contributed by atoms with Gasteiger partial charge in [0.15, 0.2) is 11.6 Å². The summed E-state index contributed by atoms with van der Waals surface area (Å²) in [6, 6.07) is 12.9. The van der Waals surface area contributed by atoms with Crippen LogP contribution in [-0.4, -0.2) is 38.9 Å². The van der Waals surface area contributed by atoms with E-state index in [1.807, 2.05) is 0 Å². The molecule has 0 atom stereocenters. The summed E-state index contributed by atoms with van der Waals surface area (Å²) in [5.74, 6) is -0.139. The van der Waals surface area contributed by atoms with Gasteiger partial charge in [-0.15, -0.1) is 0 Å². The van der Waals surface area contributed by atoms with E-state index in [-0.39, 0.29) is 30.8 Å². The van der Waals surface area contributed by atoms with Crippen LogP contribution in [0.4, 0.5) is 10.2 Å². The Morgan fingerprint density at radius 3 is 2.88 bits per heavy atom. The molecule has 2 heterocycles. The number of nitrogens with two attached hydrogens (primary N) is 1. The van der Waals surface area contributed by atoms with E-state index in [9.17, 15) is 9.18 Å². The SMILES string of the molecule is Nc1nc2ccc(F)cc2cc1OCc1cc(C(=O)NCCCO)ccc1-n1cccn1. The number of nitrogen functional groups attached to an aromatic ring is 1. The number of aliphatic hydroxyl groups is 1. The molecule has 0 unspecified atom stereocenters. The predicted octanol–water partition coefficient (Wildman–Crippen LogP) is 2.83. The lowest BCUT2D eigenvalue weighted by Crippen LogP contribution is -2.25. The second-order valence-corrected chi connectivity index (χ2v) is 7.12. The van der Waals surface area contributed by atoms with Gasteiger partial charge in [0.05, 0.1) is 11.2 Å². The lowest BCUT2D eigenvalue weighted by molar-refractivity contribution is 0.0951. The Hall–Kier alpha value is -3.98. The van der Waals surface area contributed by atoms with E-state index in [1.54, 1.807) is 53.5 Å².